The van der Waals surface area contributed by atoms with Gasteiger partial charge in [-0.1, -0.05) is 24.3 Å². The molecule has 4 aromatic rings. The van der Waals surface area contributed by atoms with Crippen LogP contribution in [0.4, 0.5) is 0 Å². The molecule has 5 nitrogen and oxygen atoms in total. The number of benzene rings is 3. The first-order valence-electron chi connectivity index (χ1n) is 10.8. The molecule has 4 rings (SSSR count). The first-order chi connectivity index (χ1) is 16.5. The minimum absolute atomic E-state index is 0.0665. The summed E-state index contributed by atoms with van der Waals surface area (Å²) in [5.41, 5.74) is 2.97. The van der Waals surface area contributed by atoms with E-state index >= 15 is 0 Å². The molecule has 0 aliphatic rings. The van der Waals surface area contributed by atoms with Gasteiger partial charge in [-0.25, -0.2) is 4.79 Å². The van der Waals surface area contributed by atoms with Gasteiger partial charge in [0.2, 0.25) is 0 Å². The van der Waals surface area contributed by atoms with Gasteiger partial charge in [-0.15, -0.1) is 11.3 Å². The maximum atomic E-state index is 13.7. The van der Waals surface area contributed by atoms with E-state index in [0.717, 1.165) is 37.6 Å². The van der Waals surface area contributed by atoms with Crippen molar-refractivity contribution >= 4 is 39.3 Å². The standard InChI is InChI=1S/C28H24O5S/c1-4-33-25(29)16-7-18-5-8-19(9-6-18)27(30)26-23-15-14-22(32-3)17-24(23)34-28(26)20-10-12-21(31-2)13-11-20/h5-17H,4H2,1-3H3. The summed E-state index contributed by atoms with van der Waals surface area (Å²) in [6.45, 7) is 2.09. The van der Waals surface area contributed by atoms with Gasteiger partial charge < -0.3 is 14.2 Å². The monoisotopic (exact) mass is 472 g/mol. The lowest BCUT2D eigenvalue weighted by Crippen LogP contribution is -2.02. The molecular formula is C28H24O5S. The van der Waals surface area contributed by atoms with E-state index in [1.54, 1.807) is 50.7 Å². The number of ether oxygens (including phenoxy) is 3. The molecule has 3 aromatic carbocycles. The fourth-order valence-electron chi connectivity index (χ4n) is 3.62. The quantitative estimate of drug-likeness (QED) is 0.169. The van der Waals surface area contributed by atoms with Gasteiger partial charge in [-0.2, -0.15) is 0 Å². The molecule has 34 heavy (non-hydrogen) atoms. The molecule has 0 saturated carbocycles. The third-order valence-electron chi connectivity index (χ3n) is 5.35. The second kappa shape index (κ2) is 10.4. The van der Waals surface area contributed by atoms with Gasteiger partial charge in [0.05, 0.1) is 20.8 Å². The number of thiophene rings is 1. The van der Waals surface area contributed by atoms with Crippen LogP contribution in [0.15, 0.2) is 72.8 Å². The highest BCUT2D eigenvalue weighted by molar-refractivity contribution is 7.22. The van der Waals surface area contributed by atoms with Crippen molar-refractivity contribution in [2.24, 2.45) is 0 Å². The molecule has 0 atom stereocenters. The maximum Gasteiger partial charge on any atom is 0.330 e. The average Bonchev–Trinajstić information content (AvgIpc) is 3.26. The highest BCUT2D eigenvalue weighted by atomic mass is 32.1. The Morgan fingerprint density at radius 3 is 2.21 bits per heavy atom. The van der Waals surface area contributed by atoms with E-state index in [0.29, 0.717) is 17.7 Å². The first kappa shape index (κ1) is 23.3. The summed E-state index contributed by atoms with van der Waals surface area (Å²) in [4.78, 5) is 26.2. The third-order valence-corrected chi connectivity index (χ3v) is 6.55. The van der Waals surface area contributed by atoms with Crippen molar-refractivity contribution in [3.8, 4) is 21.9 Å². The molecular weight excluding hydrogens is 448 g/mol. The van der Waals surface area contributed by atoms with Crippen LogP contribution in [0.1, 0.15) is 28.4 Å². The van der Waals surface area contributed by atoms with Gasteiger partial charge in [0.25, 0.3) is 0 Å². The molecule has 0 amide bonds. The van der Waals surface area contributed by atoms with Crippen molar-refractivity contribution in [2.45, 2.75) is 6.92 Å². The average molecular weight is 473 g/mol. The Kier molecular flexibility index (Phi) is 7.09. The van der Waals surface area contributed by atoms with Gasteiger partial charge in [-0.3, -0.25) is 4.79 Å². The Morgan fingerprint density at radius 1 is 0.882 bits per heavy atom. The van der Waals surface area contributed by atoms with Crippen LogP contribution in [0.5, 0.6) is 11.5 Å². The Morgan fingerprint density at radius 2 is 1.56 bits per heavy atom. The summed E-state index contributed by atoms with van der Waals surface area (Å²) >= 11 is 1.56. The summed E-state index contributed by atoms with van der Waals surface area (Å²) in [6, 6.07) is 20.6. The lowest BCUT2D eigenvalue weighted by molar-refractivity contribution is -0.137. The predicted molar refractivity (Wildman–Crippen MR) is 136 cm³/mol. The summed E-state index contributed by atoms with van der Waals surface area (Å²) in [7, 11) is 3.25. The largest absolute Gasteiger partial charge is 0.497 e. The van der Waals surface area contributed by atoms with Crippen molar-refractivity contribution in [1.29, 1.82) is 0 Å². The Labute approximate surface area is 202 Å². The molecule has 1 heterocycles. The van der Waals surface area contributed by atoms with Crippen LogP contribution in [0.25, 0.3) is 26.6 Å². The SMILES string of the molecule is CCOC(=O)C=Cc1ccc(C(=O)c2c(-c3ccc(OC)cc3)sc3cc(OC)ccc23)cc1. The van der Waals surface area contributed by atoms with E-state index in [9.17, 15) is 9.59 Å². The second-order valence-electron chi connectivity index (χ2n) is 7.43. The number of ketones is 1. The predicted octanol–water partition coefficient (Wildman–Crippen LogP) is 6.39. The molecule has 0 unspecified atom stereocenters. The van der Waals surface area contributed by atoms with Crippen LogP contribution >= 0.6 is 11.3 Å². The van der Waals surface area contributed by atoms with E-state index in [1.807, 2.05) is 54.6 Å². The highest BCUT2D eigenvalue weighted by Gasteiger charge is 2.22. The fraction of sp³-hybridized carbons (Fsp3) is 0.143. The third kappa shape index (κ3) is 4.87. The van der Waals surface area contributed by atoms with Gasteiger partial charge >= 0.3 is 5.97 Å². The van der Waals surface area contributed by atoms with Gasteiger partial charge in [0.15, 0.2) is 5.78 Å². The molecule has 0 bridgehead atoms. The molecule has 0 radical (unpaired) electrons. The molecule has 172 valence electrons. The molecule has 0 saturated heterocycles. The van der Waals surface area contributed by atoms with Gasteiger partial charge in [-0.05, 0) is 66.6 Å². The molecule has 0 aliphatic heterocycles. The Balaban J connectivity index is 1.74. The summed E-state index contributed by atoms with van der Waals surface area (Å²) in [5, 5.41) is 0.882. The lowest BCUT2D eigenvalue weighted by atomic mass is 9.97. The van der Waals surface area contributed by atoms with Crippen molar-refractivity contribution in [3.63, 3.8) is 0 Å². The van der Waals surface area contributed by atoms with Crippen LogP contribution < -0.4 is 9.47 Å². The number of fused-ring (bicyclic) bond motifs is 1. The van der Waals surface area contributed by atoms with E-state index in [-0.39, 0.29) is 5.78 Å². The minimum Gasteiger partial charge on any atom is -0.497 e. The highest BCUT2D eigenvalue weighted by Crippen LogP contribution is 2.41. The number of carbonyl (C=O) groups is 2. The van der Waals surface area contributed by atoms with Crippen LogP contribution in [-0.2, 0) is 9.53 Å². The van der Waals surface area contributed by atoms with Crippen molar-refractivity contribution in [1.82, 2.24) is 0 Å². The second-order valence-corrected chi connectivity index (χ2v) is 8.49. The van der Waals surface area contributed by atoms with E-state index in [1.165, 1.54) is 6.08 Å². The number of hydrogen-bond donors (Lipinski definition) is 0. The van der Waals surface area contributed by atoms with Crippen LogP contribution in [-0.4, -0.2) is 32.6 Å². The van der Waals surface area contributed by atoms with E-state index in [4.69, 9.17) is 14.2 Å². The van der Waals surface area contributed by atoms with Crippen molar-refractivity contribution in [2.75, 3.05) is 20.8 Å². The Hall–Kier alpha value is -3.90. The fourth-order valence-corrected chi connectivity index (χ4v) is 4.85. The van der Waals surface area contributed by atoms with E-state index < -0.39 is 5.97 Å². The zero-order valence-electron chi connectivity index (χ0n) is 19.2. The van der Waals surface area contributed by atoms with E-state index in [2.05, 4.69) is 0 Å². The van der Waals surface area contributed by atoms with Crippen LogP contribution in [0, 0.1) is 0 Å². The Bertz CT molecular complexity index is 1350. The topological polar surface area (TPSA) is 61.8 Å². The number of hydrogen-bond acceptors (Lipinski definition) is 6. The normalized spacial score (nSPS) is 11.0. The van der Waals surface area contributed by atoms with Crippen LogP contribution in [0.3, 0.4) is 0 Å². The zero-order chi connectivity index (χ0) is 24.1. The molecule has 0 spiro atoms. The molecule has 0 aliphatic carbocycles. The summed E-state index contributed by atoms with van der Waals surface area (Å²) in [5.74, 6) is 1.03. The van der Waals surface area contributed by atoms with Gasteiger partial charge in [0, 0.05) is 32.2 Å². The lowest BCUT2D eigenvalue weighted by Gasteiger charge is -2.07. The molecule has 0 fully saturated rings. The van der Waals surface area contributed by atoms with Gasteiger partial charge in [0.1, 0.15) is 11.5 Å². The van der Waals surface area contributed by atoms with Crippen molar-refractivity contribution in [3.05, 3.63) is 89.5 Å². The maximum absolute atomic E-state index is 13.7. The minimum atomic E-state index is -0.396. The summed E-state index contributed by atoms with van der Waals surface area (Å²) in [6.07, 6.45) is 3.04. The number of rotatable bonds is 8. The molecule has 0 N–H and O–H groups in total. The smallest absolute Gasteiger partial charge is 0.330 e. The zero-order valence-corrected chi connectivity index (χ0v) is 20.0. The number of carbonyl (C=O) groups excluding carboxylic acids is 2. The summed E-state index contributed by atoms with van der Waals surface area (Å²) < 4.78 is 16.6. The first-order valence-corrected chi connectivity index (χ1v) is 11.6. The molecule has 6 heteroatoms. The number of methoxy groups -OCH3 is 2. The number of esters is 1. The van der Waals surface area contributed by atoms with Crippen LogP contribution in [0.2, 0.25) is 0 Å². The molecule has 1 aromatic heterocycles. The van der Waals surface area contributed by atoms with Crippen molar-refractivity contribution < 1.29 is 23.8 Å².